The summed E-state index contributed by atoms with van der Waals surface area (Å²) >= 11 is 0. The smallest absolute Gasteiger partial charge is 0.0353 e. The summed E-state index contributed by atoms with van der Waals surface area (Å²) in [4.78, 5) is 0. The minimum atomic E-state index is 1.08. The van der Waals surface area contributed by atoms with Crippen LogP contribution >= 0.6 is 0 Å². The largest absolute Gasteiger partial charge is 0.103 e. The van der Waals surface area contributed by atoms with Gasteiger partial charge < -0.3 is 0 Å². The van der Waals surface area contributed by atoms with Gasteiger partial charge in [0.25, 0.3) is 0 Å². The number of rotatable bonds is 8. The molecule has 174 valence electrons. The molecule has 0 N–H and O–H groups in total. The molecule has 0 aliphatic carbocycles. The van der Waals surface area contributed by atoms with Crippen LogP contribution < -0.4 is 0 Å². The maximum Gasteiger partial charge on any atom is -0.0353 e. The minimum Gasteiger partial charge on any atom is -0.103 e. The van der Waals surface area contributed by atoms with Crippen LogP contribution in [0.5, 0.6) is 0 Å². The van der Waals surface area contributed by atoms with Gasteiger partial charge in [-0.1, -0.05) is 109 Å². The van der Waals surface area contributed by atoms with Gasteiger partial charge >= 0.3 is 0 Å². The first kappa shape index (κ1) is 41.7. The van der Waals surface area contributed by atoms with Gasteiger partial charge in [0, 0.05) is 0 Å². The second kappa shape index (κ2) is 71.8. The molecular weight excluding hydrogens is 348 g/mol. The summed E-state index contributed by atoms with van der Waals surface area (Å²) in [6.45, 7) is 29.3. The Morgan fingerprint density at radius 2 is 0.793 bits per heavy atom. The van der Waals surface area contributed by atoms with Crippen molar-refractivity contribution in [2.24, 2.45) is 0 Å². The van der Waals surface area contributed by atoms with Crippen molar-refractivity contribution in [1.82, 2.24) is 0 Å². The predicted octanol–water partition coefficient (Wildman–Crippen LogP) is 11.4. The van der Waals surface area contributed by atoms with Crippen LogP contribution in [0.25, 0.3) is 0 Å². The maximum absolute atomic E-state index is 3.55. The molecule has 0 bridgehead atoms. The predicted molar refractivity (Wildman–Crippen MR) is 146 cm³/mol. The molecule has 0 nitrogen and oxygen atoms in total. The van der Waals surface area contributed by atoms with E-state index in [0.29, 0.717) is 0 Å². The fourth-order valence-corrected chi connectivity index (χ4v) is 0.977. The number of allylic oxidation sites excluding steroid dienone is 9. The van der Waals surface area contributed by atoms with Gasteiger partial charge in [0.2, 0.25) is 0 Å². The third-order valence-corrected chi connectivity index (χ3v) is 2.77. The Bertz CT molecular complexity index is 288. The minimum absolute atomic E-state index is 1.08. The quantitative estimate of drug-likeness (QED) is 0.351. The summed E-state index contributed by atoms with van der Waals surface area (Å²) < 4.78 is 0. The van der Waals surface area contributed by atoms with Crippen LogP contribution in [-0.4, -0.2) is 0 Å². The van der Waals surface area contributed by atoms with Crippen molar-refractivity contribution in [2.75, 3.05) is 0 Å². The van der Waals surface area contributed by atoms with E-state index in [2.05, 4.69) is 85.6 Å². The van der Waals surface area contributed by atoms with Gasteiger partial charge in [0.1, 0.15) is 0 Å². The molecule has 29 heavy (non-hydrogen) atoms. The van der Waals surface area contributed by atoms with Crippen LogP contribution in [0, 0.1) is 0 Å². The molecule has 0 aromatic heterocycles. The van der Waals surface area contributed by atoms with Gasteiger partial charge in [0.15, 0.2) is 0 Å². The summed E-state index contributed by atoms with van der Waals surface area (Å²) in [5, 5.41) is 0. The second-order valence-corrected chi connectivity index (χ2v) is 5.85. The average molecular weight is 407 g/mol. The summed E-state index contributed by atoms with van der Waals surface area (Å²) in [6.07, 6.45) is 27.7. The molecule has 0 amide bonds. The van der Waals surface area contributed by atoms with Crippen LogP contribution in [0.4, 0.5) is 0 Å². The molecule has 0 heterocycles. The first-order chi connectivity index (χ1) is 14.0. The molecule has 0 fully saturated rings. The first-order valence-corrected chi connectivity index (χ1v) is 11.6. The normalized spacial score (nSPS) is 8.59. The molecule has 0 heteroatoms. The Labute approximate surface area is 188 Å². The summed E-state index contributed by atoms with van der Waals surface area (Å²) in [5.41, 5.74) is 0. The highest BCUT2D eigenvalue weighted by Crippen LogP contribution is 1.85. The molecule has 0 radical (unpaired) electrons. The summed E-state index contributed by atoms with van der Waals surface area (Å²) in [7, 11) is 0. The van der Waals surface area contributed by atoms with Crippen molar-refractivity contribution < 1.29 is 0 Å². The van der Waals surface area contributed by atoms with E-state index in [0.717, 1.165) is 25.7 Å². The lowest BCUT2D eigenvalue weighted by atomic mass is 10.3. The fraction of sp³-hybridized carbons (Fsp3) is 0.586. The van der Waals surface area contributed by atoms with Crippen LogP contribution in [0.3, 0.4) is 0 Å². The number of unbranched alkanes of at least 4 members (excludes halogenated alkanes) is 3. The Morgan fingerprint density at radius 1 is 0.448 bits per heavy atom. The summed E-state index contributed by atoms with van der Waals surface area (Å²) in [6, 6.07) is 0. The molecule has 0 aliphatic rings. The zero-order valence-electron chi connectivity index (χ0n) is 22.0. The van der Waals surface area contributed by atoms with E-state index in [1.807, 2.05) is 51.2 Å². The Balaban J connectivity index is -0.0000000550. The molecule has 0 spiro atoms. The third kappa shape index (κ3) is 177. The lowest BCUT2D eigenvalue weighted by molar-refractivity contribution is 0.957. The van der Waals surface area contributed by atoms with Gasteiger partial charge in [-0.05, 0) is 59.8 Å². The van der Waals surface area contributed by atoms with Crippen LogP contribution in [-0.2, 0) is 0 Å². The van der Waals surface area contributed by atoms with Gasteiger partial charge in [-0.2, -0.15) is 0 Å². The van der Waals surface area contributed by atoms with E-state index in [9.17, 15) is 0 Å². The van der Waals surface area contributed by atoms with Crippen LogP contribution in [0.15, 0.2) is 74.4 Å². The molecule has 0 aromatic carbocycles. The summed E-state index contributed by atoms with van der Waals surface area (Å²) in [5.74, 6) is 0. The van der Waals surface area contributed by atoms with Crippen molar-refractivity contribution >= 4 is 0 Å². The van der Waals surface area contributed by atoms with E-state index >= 15 is 0 Å². The average Bonchev–Trinajstić information content (AvgIpc) is 2.75. The Hall–Kier alpha value is -1.56. The van der Waals surface area contributed by atoms with Crippen LogP contribution in [0.2, 0.25) is 0 Å². The maximum atomic E-state index is 3.55. The SMILES string of the molecule is C=CCC.C=CCCC.C=CCCC.CC=CC.CC=CCC.CC=CCCC. The molecule has 0 saturated carbocycles. The van der Waals surface area contributed by atoms with Crippen molar-refractivity contribution in [3.63, 3.8) is 0 Å². The second-order valence-electron chi connectivity index (χ2n) is 5.85. The molecule has 0 rings (SSSR count). The standard InChI is InChI=1S/C6H12.3C5H10.2C4H8/c1-3-5-6-4-2;3*1-3-5-4-2;2*1-3-4-2/h3,5H,4,6H2,1-2H3;3,5H,4H2,1-2H3;2*3H,1,4-5H2,2H3;3-4H,1-2H3;3H,1,4H2,2H3. The monoisotopic (exact) mass is 406 g/mol. The lowest BCUT2D eigenvalue weighted by Crippen LogP contribution is -1.55. The van der Waals surface area contributed by atoms with Gasteiger partial charge in [0.05, 0.1) is 0 Å². The van der Waals surface area contributed by atoms with E-state index in [1.165, 1.54) is 25.7 Å². The zero-order valence-corrected chi connectivity index (χ0v) is 22.0. The highest BCUT2D eigenvalue weighted by Gasteiger charge is 1.65. The molecule has 0 aromatic rings. The third-order valence-electron chi connectivity index (χ3n) is 2.77. The Morgan fingerprint density at radius 3 is 0.828 bits per heavy atom. The lowest BCUT2D eigenvalue weighted by Gasteiger charge is -1.76. The Kier molecular flexibility index (Phi) is 103. The highest BCUT2D eigenvalue weighted by atomic mass is 13.7. The molecular formula is C29H58. The van der Waals surface area contributed by atoms with Crippen molar-refractivity contribution in [2.45, 2.75) is 114 Å². The van der Waals surface area contributed by atoms with E-state index < -0.39 is 0 Å². The zero-order chi connectivity index (χ0) is 24.0. The van der Waals surface area contributed by atoms with Crippen molar-refractivity contribution in [3.05, 3.63) is 74.4 Å². The number of hydrogen-bond donors (Lipinski definition) is 0. The van der Waals surface area contributed by atoms with Crippen LogP contribution in [0.1, 0.15) is 114 Å². The molecule has 0 atom stereocenters. The van der Waals surface area contributed by atoms with Gasteiger partial charge in [-0.25, -0.2) is 0 Å². The molecule has 0 aliphatic heterocycles. The van der Waals surface area contributed by atoms with Gasteiger partial charge in [-0.3, -0.25) is 0 Å². The first-order valence-electron chi connectivity index (χ1n) is 11.6. The van der Waals surface area contributed by atoms with E-state index in [-0.39, 0.29) is 0 Å². The molecule has 0 unspecified atom stereocenters. The fourth-order valence-electron chi connectivity index (χ4n) is 0.977. The van der Waals surface area contributed by atoms with E-state index in [4.69, 9.17) is 0 Å². The van der Waals surface area contributed by atoms with E-state index in [1.54, 1.807) is 0 Å². The topological polar surface area (TPSA) is 0 Å². The highest BCUT2D eigenvalue weighted by molar-refractivity contribution is 4.75. The molecule has 0 saturated heterocycles. The van der Waals surface area contributed by atoms with Gasteiger partial charge in [-0.15, -0.1) is 19.7 Å². The number of hydrogen-bond acceptors (Lipinski definition) is 0. The van der Waals surface area contributed by atoms with Crippen molar-refractivity contribution in [3.8, 4) is 0 Å². The van der Waals surface area contributed by atoms with Crippen molar-refractivity contribution in [1.29, 1.82) is 0 Å².